The predicted octanol–water partition coefficient (Wildman–Crippen LogP) is 5.72. The van der Waals surface area contributed by atoms with E-state index in [4.69, 9.17) is 11.6 Å². The minimum absolute atomic E-state index is 0.0282. The Morgan fingerprint density at radius 1 is 1.37 bits per heavy atom. The van der Waals surface area contributed by atoms with Crippen LogP contribution < -0.4 is 5.32 Å². The molecule has 19 heavy (non-hydrogen) atoms. The average molecular weight is 351 g/mol. The maximum atomic E-state index is 14.1. The van der Waals surface area contributed by atoms with E-state index >= 15 is 0 Å². The smallest absolute Gasteiger partial charge is 0.129 e. The molecule has 1 nitrogen and oxygen atoms in total. The minimum atomic E-state index is -0.201. The van der Waals surface area contributed by atoms with E-state index in [1.165, 1.54) is 6.07 Å². The van der Waals surface area contributed by atoms with Gasteiger partial charge in [0, 0.05) is 16.1 Å². The molecule has 1 rings (SSSR count). The maximum absolute atomic E-state index is 14.1. The summed E-state index contributed by atoms with van der Waals surface area (Å²) in [6.45, 7) is 7.35. The topological polar surface area (TPSA) is 12.0 Å². The molecule has 2 atom stereocenters. The summed E-state index contributed by atoms with van der Waals surface area (Å²) in [6, 6.07) is 3.21. The Morgan fingerprint density at radius 2 is 2.05 bits per heavy atom. The van der Waals surface area contributed by atoms with E-state index in [0.29, 0.717) is 21.0 Å². The van der Waals surface area contributed by atoms with Gasteiger partial charge in [0.05, 0.1) is 5.02 Å². The lowest BCUT2D eigenvalue weighted by Gasteiger charge is -2.23. The Morgan fingerprint density at radius 3 is 2.63 bits per heavy atom. The molecule has 0 heterocycles. The number of halogens is 3. The molecule has 0 bridgehead atoms. The number of benzene rings is 1. The number of hydrogen-bond donors (Lipinski definition) is 1. The molecule has 0 aliphatic rings. The van der Waals surface area contributed by atoms with Crippen LogP contribution in [-0.4, -0.2) is 6.54 Å². The van der Waals surface area contributed by atoms with Crippen LogP contribution in [0, 0.1) is 11.7 Å². The molecule has 108 valence electrons. The molecule has 0 aromatic heterocycles. The third-order valence-corrected chi connectivity index (χ3v) is 4.59. The first-order valence-electron chi connectivity index (χ1n) is 6.87. The lowest BCUT2D eigenvalue weighted by Crippen LogP contribution is -2.25. The third-order valence-electron chi connectivity index (χ3n) is 3.39. The van der Waals surface area contributed by atoms with Crippen molar-refractivity contribution in [2.45, 2.75) is 46.1 Å². The van der Waals surface area contributed by atoms with Crippen molar-refractivity contribution in [1.29, 1.82) is 0 Å². The van der Waals surface area contributed by atoms with Crippen molar-refractivity contribution < 1.29 is 4.39 Å². The van der Waals surface area contributed by atoms with Crippen LogP contribution in [-0.2, 0) is 0 Å². The van der Waals surface area contributed by atoms with Crippen LogP contribution in [0.1, 0.15) is 51.6 Å². The number of rotatable bonds is 7. The van der Waals surface area contributed by atoms with E-state index < -0.39 is 0 Å². The predicted molar refractivity (Wildman–Crippen MR) is 84.2 cm³/mol. The van der Waals surface area contributed by atoms with Gasteiger partial charge >= 0.3 is 0 Å². The molecule has 0 saturated heterocycles. The lowest BCUT2D eigenvalue weighted by molar-refractivity contribution is 0.392. The van der Waals surface area contributed by atoms with Crippen molar-refractivity contribution in [3.63, 3.8) is 0 Å². The summed E-state index contributed by atoms with van der Waals surface area (Å²) in [4.78, 5) is 0. The van der Waals surface area contributed by atoms with Crippen LogP contribution in [0.25, 0.3) is 0 Å². The molecule has 0 amide bonds. The largest absolute Gasteiger partial charge is 0.310 e. The summed E-state index contributed by atoms with van der Waals surface area (Å²) in [7, 11) is 0. The van der Waals surface area contributed by atoms with E-state index in [0.717, 1.165) is 25.8 Å². The van der Waals surface area contributed by atoms with Crippen LogP contribution in [0.2, 0.25) is 5.02 Å². The Bertz CT molecular complexity index is 411. The minimum Gasteiger partial charge on any atom is -0.310 e. The fourth-order valence-corrected chi connectivity index (χ4v) is 2.50. The van der Waals surface area contributed by atoms with Gasteiger partial charge in [-0.2, -0.15) is 0 Å². The molecule has 0 saturated carbocycles. The zero-order chi connectivity index (χ0) is 14.4. The van der Waals surface area contributed by atoms with Crippen LogP contribution in [0.5, 0.6) is 0 Å². The van der Waals surface area contributed by atoms with Crippen molar-refractivity contribution in [2.75, 3.05) is 6.54 Å². The first kappa shape index (κ1) is 16.9. The van der Waals surface area contributed by atoms with E-state index in [-0.39, 0.29) is 11.9 Å². The van der Waals surface area contributed by atoms with Crippen molar-refractivity contribution >= 4 is 27.5 Å². The summed E-state index contributed by atoms with van der Waals surface area (Å²) >= 11 is 9.35. The summed E-state index contributed by atoms with van der Waals surface area (Å²) in [5, 5.41) is 3.98. The Balaban J connectivity index is 2.98. The fraction of sp³-hybridized carbons (Fsp3) is 0.600. The van der Waals surface area contributed by atoms with Crippen molar-refractivity contribution in [2.24, 2.45) is 5.92 Å². The van der Waals surface area contributed by atoms with Gasteiger partial charge in [-0.15, -0.1) is 0 Å². The maximum Gasteiger partial charge on any atom is 0.129 e. The first-order valence-corrected chi connectivity index (χ1v) is 8.04. The highest BCUT2D eigenvalue weighted by Gasteiger charge is 2.19. The second-order valence-corrected chi connectivity index (χ2v) is 6.31. The molecular formula is C15H22BrClFN. The lowest BCUT2D eigenvalue weighted by atomic mass is 9.94. The quantitative estimate of drug-likeness (QED) is 0.620. The monoisotopic (exact) mass is 349 g/mol. The molecule has 1 aromatic carbocycles. The molecule has 0 fully saturated rings. The fourth-order valence-electron chi connectivity index (χ4n) is 2.01. The molecule has 0 radical (unpaired) electrons. The summed E-state index contributed by atoms with van der Waals surface area (Å²) in [5.74, 6) is 0.351. The van der Waals surface area contributed by atoms with Gasteiger partial charge in [-0.1, -0.05) is 38.8 Å². The summed E-state index contributed by atoms with van der Waals surface area (Å²) in [6.07, 6.45) is 3.05. The number of hydrogen-bond acceptors (Lipinski definition) is 1. The zero-order valence-corrected chi connectivity index (χ0v) is 14.1. The first-order chi connectivity index (χ1) is 8.99. The molecule has 2 unspecified atom stereocenters. The third kappa shape index (κ3) is 5.05. The van der Waals surface area contributed by atoms with E-state index in [9.17, 15) is 4.39 Å². The van der Waals surface area contributed by atoms with Gasteiger partial charge in [0.1, 0.15) is 5.82 Å². The van der Waals surface area contributed by atoms with E-state index in [1.807, 2.05) is 0 Å². The average Bonchev–Trinajstić information content (AvgIpc) is 2.38. The van der Waals surface area contributed by atoms with Crippen molar-refractivity contribution in [3.8, 4) is 0 Å². The van der Waals surface area contributed by atoms with Crippen LogP contribution in [0.15, 0.2) is 16.6 Å². The molecule has 0 aliphatic carbocycles. The number of nitrogens with one attached hydrogen (secondary N) is 1. The molecule has 1 N–H and O–H groups in total. The molecule has 1 aromatic rings. The normalized spacial score (nSPS) is 14.4. The van der Waals surface area contributed by atoms with Gasteiger partial charge in [-0.25, -0.2) is 4.39 Å². The highest BCUT2D eigenvalue weighted by Crippen LogP contribution is 2.31. The second-order valence-electron chi connectivity index (χ2n) is 5.04. The highest BCUT2D eigenvalue weighted by atomic mass is 79.9. The molecule has 0 spiro atoms. The zero-order valence-electron chi connectivity index (χ0n) is 11.8. The molecular weight excluding hydrogens is 329 g/mol. The molecule has 0 aliphatic heterocycles. The van der Waals surface area contributed by atoms with Gasteiger partial charge < -0.3 is 5.32 Å². The van der Waals surface area contributed by atoms with E-state index in [1.54, 1.807) is 6.07 Å². The van der Waals surface area contributed by atoms with Gasteiger partial charge in [-0.3, -0.25) is 0 Å². The van der Waals surface area contributed by atoms with Gasteiger partial charge in [0.2, 0.25) is 0 Å². The summed E-state index contributed by atoms with van der Waals surface area (Å²) in [5.41, 5.74) is 0.668. The Hall–Kier alpha value is -0.120. The van der Waals surface area contributed by atoms with Crippen molar-refractivity contribution in [3.05, 3.63) is 33.0 Å². The highest BCUT2D eigenvalue weighted by molar-refractivity contribution is 9.10. The Labute approximate surface area is 129 Å². The van der Waals surface area contributed by atoms with Gasteiger partial charge in [0.15, 0.2) is 0 Å². The van der Waals surface area contributed by atoms with E-state index in [2.05, 4.69) is 42.0 Å². The second kappa shape index (κ2) is 8.23. The van der Waals surface area contributed by atoms with Gasteiger partial charge in [-0.05, 0) is 53.4 Å². The standard InChI is InChI=1S/C15H22BrClFN/c1-4-6-19-15(7-10(3)5-2)11-8-13(17)12(16)9-14(11)18/h8-10,15,19H,4-7H2,1-3H3. The van der Waals surface area contributed by atoms with Crippen LogP contribution in [0.3, 0.4) is 0 Å². The SMILES string of the molecule is CCCNC(CC(C)CC)c1cc(Cl)c(Br)cc1F. The Kier molecular flexibility index (Phi) is 7.33. The van der Waals surface area contributed by atoms with Crippen molar-refractivity contribution in [1.82, 2.24) is 5.32 Å². The molecule has 4 heteroatoms. The summed E-state index contributed by atoms with van der Waals surface area (Å²) < 4.78 is 14.7. The van der Waals surface area contributed by atoms with Crippen LogP contribution in [0.4, 0.5) is 4.39 Å². The van der Waals surface area contributed by atoms with Crippen LogP contribution >= 0.6 is 27.5 Å². The van der Waals surface area contributed by atoms with Gasteiger partial charge in [0.25, 0.3) is 0 Å².